The van der Waals surface area contributed by atoms with Gasteiger partial charge in [-0.1, -0.05) is 0 Å². The first-order chi connectivity index (χ1) is 11.9. The normalized spacial score (nSPS) is 21.4. The zero-order chi connectivity index (χ0) is 17.8. The van der Waals surface area contributed by atoms with Gasteiger partial charge in [0.2, 0.25) is 0 Å². The van der Waals surface area contributed by atoms with E-state index >= 15 is 0 Å². The van der Waals surface area contributed by atoms with Crippen molar-refractivity contribution >= 4 is 33.1 Å². The van der Waals surface area contributed by atoms with Crippen LogP contribution in [0.1, 0.15) is 47.7 Å². The van der Waals surface area contributed by atoms with Crippen LogP contribution in [0.5, 0.6) is 0 Å². The first-order valence-corrected chi connectivity index (χ1v) is 23.9. The van der Waals surface area contributed by atoms with Gasteiger partial charge < -0.3 is 0 Å². The van der Waals surface area contributed by atoms with Crippen LogP contribution in [0.4, 0.5) is 0 Å². The molecule has 128 valence electrons. The van der Waals surface area contributed by atoms with Gasteiger partial charge in [-0.05, 0) is 0 Å². The van der Waals surface area contributed by atoms with Crippen LogP contribution < -0.4 is 0 Å². The summed E-state index contributed by atoms with van der Waals surface area (Å²) in [6.07, 6.45) is 8.93. The van der Waals surface area contributed by atoms with E-state index in [0.717, 1.165) is 0 Å². The predicted octanol–water partition coefficient (Wildman–Crippen LogP) is 6.96. The first-order valence-electron chi connectivity index (χ1n) is 8.80. The van der Waals surface area contributed by atoms with Crippen LogP contribution >= 0.6 is 17.2 Å². The molecule has 2 aliphatic rings. The summed E-state index contributed by atoms with van der Waals surface area (Å²) in [5.41, 5.74) is 7.76. The number of aryl methyl sites for hydroxylation is 2. The van der Waals surface area contributed by atoms with Crippen molar-refractivity contribution in [1.29, 1.82) is 0 Å². The second-order valence-electron chi connectivity index (χ2n) is 7.34. The van der Waals surface area contributed by atoms with Gasteiger partial charge in [0.15, 0.2) is 0 Å². The maximum absolute atomic E-state index is 7.62. The van der Waals surface area contributed by atoms with E-state index in [1.807, 2.05) is 0 Å². The molecule has 2 aromatic carbocycles. The molecule has 0 heterocycles. The van der Waals surface area contributed by atoms with Gasteiger partial charge in [0.05, 0.1) is 0 Å². The predicted molar refractivity (Wildman–Crippen MR) is 109 cm³/mol. The van der Waals surface area contributed by atoms with Crippen LogP contribution in [0.3, 0.4) is 0 Å². The van der Waals surface area contributed by atoms with Crippen molar-refractivity contribution in [3.8, 4) is 0 Å². The Hall–Kier alpha value is -0.760. The van der Waals surface area contributed by atoms with E-state index in [9.17, 15) is 0 Å². The van der Waals surface area contributed by atoms with E-state index in [4.69, 9.17) is 17.2 Å². The molecular weight excluding hydrogens is 514 g/mol. The Bertz CT molecular complexity index is 931. The molecular formula is C22H22Cl2Hf. The summed E-state index contributed by atoms with van der Waals surface area (Å²) in [6.45, 7) is 6.41. The Morgan fingerprint density at radius 3 is 1.64 bits per heavy atom. The van der Waals surface area contributed by atoms with E-state index in [1.165, 1.54) is 33.4 Å². The van der Waals surface area contributed by atoms with E-state index in [1.54, 1.807) is 0 Å². The standard InChI is InChI=1S/2C10H9.C2H4.2ClH.Hf/c2*1-8-4-2-5-9-6-3-7-10(8)9;1-2;;;/h2*2-7H,1H3;1H,2H3;2*1H;/q;;;;;+2/p-2. The fraction of sp³-hybridized carbons (Fsp3) is 0.227. The number of fused-ring (bicyclic) bond motifs is 2. The van der Waals surface area contributed by atoms with E-state index in [-0.39, 0.29) is 7.35 Å². The molecule has 2 aromatic rings. The summed E-state index contributed by atoms with van der Waals surface area (Å²) < 4.78 is 2.46. The quantitative estimate of drug-likeness (QED) is 0.365. The van der Waals surface area contributed by atoms with Gasteiger partial charge in [-0.15, -0.1) is 0 Å². The Morgan fingerprint density at radius 1 is 0.800 bits per heavy atom. The van der Waals surface area contributed by atoms with Gasteiger partial charge >= 0.3 is 159 Å². The summed E-state index contributed by atoms with van der Waals surface area (Å²) in [6, 6.07) is 12.9. The number of hydrogen-bond acceptors (Lipinski definition) is 0. The van der Waals surface area contributed by atoms with Crippen LogP contribution in [0, 0.1) is 13.8 Å². The molecule has 0 spiro atoms. The SMILES string of the molecule is C[CH]=[Hf]([Cl])([Cl])([CH]1C=Cc2cccc(C)c21)[CH]1C=Cc2cccc(C)c21. The molecule has 0 saturated heterocycles. The molecule has 2 unspecified atom stereocenters. The molecule has 0 nitrogen and oxygen atoms in total. The van der Waals surface area contributed by atoms with Crippen molar-refractivity contribution < 1.29 is 15.7 Å². The zero-order valence-electron chi connectivity index (χ0n) is 14.8. The molecule has 2 aliphatic carbocycles. The van der Waals surface area contributed by atoms with Crippen molar-refractivity contribution in [3.63, 3.8) is 0 Å². The monoisotopic (exact) mass is 536 g/mol. The second-order valence-corrected chi connectivity index (χ2v) is 38.1. The van der Waals surface area contributed by atoms with Gasteiger partial charge in [-0.25, -0.2) is 0 Å². The summed E-state index contributed by atoms with van der Waals surface area (Å²) >= 11 is -4.51. The molecule has 0 bridgehead atoms. The van der Waals surface area contributed by atoms with Gasteiger partial charge in [0, 0.05) is 0 Å². The van der Waals surface area contributed by atoms with Crippen molar-refractivity contribution in [2.75, 3.05) is 0 Å². The van der Waals surface area contributed by atoms with Gasteiger partial charge in [0.1, 0.15) is 0 Å². The average molecular weight is 536 g/mol. The minimum atomic E-state index is -4.51. The summed E-state index contributed by atoms with van der Waals surface area (Å²) in [7, 11) is 15.2. The summed E-state index contributed by atoms with van der Waals surface area (Å²) in [5.74, 6) is 0. The summed E-state index contributed by atoms with van der Waals surface area (Å²) in [4.78, 5) is 0. The minimum absolute atomic E-state index is 0.127. The molecule has 2 atom stereocenters. The van der Waals surface area contributed by atoms with E-state index in [0.29, 0.717) is 0 Å². The van der Waals surface area contributed by atoms with Gasteiger partial charge in [-0.3, -0.25) is 0 Å². The molecule has 4 rings (SSSR count). The fourth-order valence-corrected chi connectivity index (χ4v) is 24.7. The number of rotatable bonds is 2. The number of hydrogen-bond donors (Lipinski definition) is 0. The number of benzene rings is 2. The molecule has 0 fully saturated rings. The Balaban J connectivity index is 1.96. The van der Waals surface area contributed by atoms with Crippen molar-refractivity contribution in [3.05, 3.63) is 81.9 Å². The third-order valence-electron chi connectivity index (χ3n) is 6.01. The van der Waals surface area contributed by atoms with Crippen LogP contribution in [-0.4, -0.2) is 3.76 Å². The van der Waals surface area contributed by atoms with Gasteiger partial charge in [0.25, 0.3) is 0 Å². The molecule has 0 aliphatic heterocycles. The molecule has 0 amide bonds. The zero-order valence-corrected chi connectivity index (χ0v) is 19.9. The topological polar surface area (TPSA) is 0 Å². The van der Waals surface area contributed by atoms with Crippen molar-refractivity contribution in [1.82, 2.24) is 0 Å². The van der Waals surface area contributed by atoms with Crippen LogP contribution in [0.25, 0.3) is 12.2 Å². The summed E-state index contributed by atoms with van der Waals surface area (Å²) in [5, 5.41) is 0. The second kappa shape index (κ2) is 5.87. The molecule has 0 saturated carbocycles. The molecule has 3 heteroatoms. The first kappa shape index (κ1) is 17.6. The molecule has 0 radical (unpaired) electrons. The third kappa shape index (κ3) is 2.46. The molecule has 25 heavy (non-hydrogen) atoms. The van der Waals surface area contributed by atoms with Crippen LogP contribution in [-0.2, 0) is 15.7 Å². The average Bonchev–Trinajstić information content (AvgIpc) is 3.21. The molecule has 0 aromatic heterocycles. The third-order valence-corrected chi connectivity index (χ3v) is 33.2. The maximum atomic E-state index is 7.62. The van der Waals surface area contributed by atoms with E-state index in [2.05, 4.69) is 85.2 Å². The Kier molecular flexibility index (Phi) is 4.15. The molecule has 0 N–H and O–H groups in total. The number of halogens is 2. The van der Waals surface area contributed by atoms with Gasteiger partial charge in [-0.2, -0.15) is 0 Å². The van der Waals surface area contributed by atoms with Crippen LogP contribution in [0.2, 0.25) is 0 Å². The van der Waals surface area contributed by atoms with Crippen molar-refractivity contribution in [2.45, 2.75) is 28.1 Å². The number of allylic oxidation sites excluding steroid dienone is 2. The Labute approximate surface area is 157 Å². The van der Waals surface area contributed by atoms with Crippen LogP contribution in [0.15, 0.2) is 48.6 Å². The van der Waals surface area contributed by atoms with E-state index < -0.39 is 15.7 Å². The fourth-order valence-electron chi connectivity index (χ4n) is 4.61. The van der Waals surface area contributed by atoms with Crippen molar-refractivity contribution in [2.24, 2.45) is 0 Å². The Morgan fingerprint density at radius 2 is 1.24 bits per heavy atom.